The minimum atomic E-state index is -0.317. The Hall–Kier alpha value is -2.96. The Balaban J connectivity index is 1.72. The summed E-state index contributed by atoms with van der Waals surface area (Å²) in [5.74, 6) is 1.39. The summed E-state index contributed by atoms with van der Waals surface area (Å²) >= 11 is 0. The van der Waals surface area contributed by atoms with Gasteiger partial charge in [-0.05, 0) is 33.3 Å². The standard InChI is InChI=1S/C24H32N4O3/c1-5-20-18(4)25-23(19-9-7-8-17(3)16-19)26-24(20)28-14-12-27(13-15-28)21(29)10-11-22(30)31-6-2/h7-9,16H,5-6,10-15H2,1-4H3. The van der Waals surface area contributed by atoms with Crippen molar-refractivity contribution in [2.45, 2.75) is 47.0 Å². The Morgan fingerprint density at radius 3 is 2.42 bits per heavy atom. The number of esters is 1. The van der Waals surface area contributed by atoms with Crippen molar-refractivity contribution in [3.8, 4) is 11.4 Å². The first-order valence-electron chi connectivity index (χ1n) is 11.1. The summed E-state index contributed by atoms with van der Waals surface area (Å²) in [6.07, 6.45) is 1.19. The first-order chi connectivity index (χ1) is 14.9. The number of anilines is 1. The third-order valence-corrected chi connectivity index (χ3v) is 5.60. The lowest BCUT2D eigenvalue weighted by Gasteiger charge is -2.36. The van der Waals surface area contributed by atoms with Gasteiger partial charge in [-0.1, -0.05) is 30.7 Å². The van der Waals surface area contributed by atoms with E-state index in [1.54, 1.807) is 6.92 Å². The molecule has 1 aliphatic heterocycles. The zero-order valence-corrected chi connectivity index (χ0v) is 19.0. The Morgan fingerprint density at radius 2 is 1.77 bits per heavy atom. The highest BCUT2D eigenvalue weighted by atomic mass is 16.5. The van der Waals surface area contributed by atoms with Gasteiger partial charge in [-0.3, -0.25) is 9.59 Å². The van der Waals surface area contributed by atoms with E-state index < -0.39 is 0 Å². The summed E-state index contributed by atoms with van der Waals surface area (Å²) in [6.45, 7) is 11.0. The molecular weight excluding hydrogens is 392 g/mol. The van der Waals surface area contributed by atoms with Crippen LogP contribution < -0.4 is 4.90 Å². The number of rotatable bonds is 7. The lowest BCUT2D eigenvalue weighted by Crippen LogP contribution is -2.49. The van der Waals surface area contributed by atoms with Crippen LogP contribution in [0.4, 0.5) is 5.82 Å². The molecule has 1 amide bonds. The molecule has 1 aromatic heterocycles. The molecule has 166 valence electrons. The van der Waals surface area contributed by atoms with E-state index in [0.717, 1.165) is 34.9 Å². The highest BCUT2D eigenvalue weighted by Crippen LogP contribution is 2.27. The van der Waals surface area contributed by atoms with Crippen LogP contribution in [0.5, 0.6) is 0 Å². The number of hydrogen-bond donors (Lipinski definition) is 0. The molecule has 2 aromatic rings. The Kier molecular flexibility index (Phi) is 7.60. The Morgan fingerprint density at radius 1 is 1.03 bits per heavy atom. The molecule has 0 bridgehead atoms. The Labute approximate surface area is 184 Å². The molecule has 0 spiro atoms. The Bertz CT molecular complexity index is 936. The average molecular weight is 425 g/mol. The molecule has 0 N–H and O–H groups in total. The van der Waals surface area contributed by atoms with E-state index in [0.29, 0.717) is 32.8 Å². The molecule has 0 atom stereocenters. The van der Waals surface area contributed by atoms with Crippen LogP contribution in [0.15, 0.2) is 24.3 Å². The van der Waals surface area contributed by atoms with E-state index in [9.17, 15) is 9.59 Å². The van der Waals surface area contributed by atoms with Crippen molar-refractivity contribution in [1.82, 2.24) is 14.9 Å². The average Bonchev–Trinajstić information content (AvgIpc) is 2.77. The molecule has 2 heterocycles. The lowest BCUT2D eigenvalue weighted by molar-refractivity contribution is -0.145. The first-order valence-corrected chi connectivity index (χ1v) is 11.1. The van der Waals surface area contributed by atoms with Gasteiger partial charge in [0.25, 0.3) is 0 Å². The fourth-order valence-corrected chi connectivity index (χ4v) is 3.94. The molecule has 0 unspecified atom stereocenters. The molecule has 31 heavy (non-hydrogen) atoms. The van der Waals surface area contributed by atoms with Crippen molar-refractivity contribution in [2.75, 3.05) is 37.7 Å². The predicted octanol–water partition coefficient (Wildman–Crippen LogP) is 3.31. The van der Waals surface area contributed by atoms with Crippen LogP contribution in [0.1, 0.15) is 43.5 Å². The van der Waals surface area contributed by atoms with E-state index in [1.807, 2.05) is 24.0 Å². The number of carbonyl (C=O) groups excluding carboxylic acids is 2. The number of amides is 1. The van der Waals surface area contributed by atoms with Gasteiger partial charge in [0, 0.05) is 49.4 Å². The van der Waals surface area contributed by atoms with Crippen molar-refractivity contribution in [3.63, 3.8) is 0 Å². The van der Waals surface area contributed by atoms with Gasteiger partial charge in [-0.25, -0.2) is 9.97 Å². The topological polar surface area (TPSA) is 75.6 Å². The number of hydrogen-bond acceptors (Lipinski definition) is 6. The first kappa shape index (κ1) is 22.7. The second kappa shape index (κ2) is 10.4. The van der Waals surface area contributed by atoms with Crippen molar-refractivity contribution < 1.29 is 14.3 Å². The zero-order chi connectivity index (χ0) is 22.4. The highest BCUT2D eigenvalue weighted by molar-refractivity contribution is 5.81. The number of benzene rings is 1. The third-order valence-electron chi connectivity index (χ3n) is 5.60. The fourth-order valence-electron chi connectivity index (χ4n) is 3.94. The number of nitrogens with zero attached hydrogens (tertiary/aromatic N) is 4. The maximum atomic E-state index is 12.5. The van der Waals surface area contributed by atoms with E-state index in [-0.39, 0.29) is 24.7 Å². The summed E-state index contributed by atoms with van der Waals surface area (Å²) in [4.78, 5) is 37.8. The third kappa shape index (κ3) is 5.60. The lowest BCUT2D eigenvalue weighted by atomic mass is 10.1. The van der Waals surface area contributed by atoms with Gasteiger partial charge in [-0.15, -0.1) is 0 Å². The molecule has 7 heteroatoms. The van der Waals surface area contributed by atoms with Crippen LogP contribution in [0.3, 0.4) is 0 Å². The van der Waals surface area contributed by atoms with E-state index >= 15 is 0 Å². The number of aromatic nitrogens is 2. The van der Waals surface area contributed by atoms with Crippen molar-refractivity contribution in [1.29, 1.82) is 0 Å². The van der Waals surface area contributed by atoms with Gasteiger partial charge in [0.1, 0.15) is 5.82 Å². The molecule has 3 rings (SSSR count). The van der Waals surface area contributed by atoms with Gasteiger partial charge in [0.05, 0.1) is 13.0 Å². The minimum absolute atomic E-state index is 0.00253. The largest absolute Gasteiger partial charge is 0.466 e. The molecule has 1 aromatic carbocycles. The molecule has 0 aliphatic carbocycles. The van der Waals surface area contributed by atoms with Crippen LogP contribution in [0.25, 0.3) is 11.4 Å². The molecule has 1 saturated heterocycles. The van der Waals surface area contributed by atoms with Gasteiger partial charge >= 0.3 is 5.97 Å². The second-order valence-electron chi connectivity index (χ2n) is 7.83. The summed E-state index contributed by atoms with van der Waals surface area (Å²) < 4.78 is 4.91. The second-order valence-corrected chi connectivity index (χ2v) is 7.83. The van der Waals surface area contributed by atoms with Crippen LogP contribution in [-0.2, 0) is 20.7 Å². The molecule has 0 saturated carbocycles. The van der Waals surface area contributed by atoms with E-state index in [4.69, 9.17) is 14.7 Å². The quantitative estimate of drug-likeness (QED) is 0.635. The van der Waals surface area contributed by atoms with Gasteiger partial charge in [0.2, 0.25) is 5.91 Å². The summed E-state index contributed by atoms with van der Waals surface area (Å²) in [5, 5.41) is 0. The van der Waals surface area contributed by atoms with Crippen LogP contribution in [0.2, 0.25) is 0 Å². The van der Waals surface area contributed by atoms with Crippen molar-refractivity contribution >= 4 is 17.7 Å². The zero-order valence-electron chi connectivity index (χ0n) is 19.0. The predicted molar refractivity (Wildman–Crippen MR) is 121 cm³/mol. The van der Waals surface area contributed by atoms with E-state index in [1.165, 1.54) is 5.56 Å². The van der Waals surface area contributed by atoms with Crippen molar-refractivity contribution in [3.05, 3.63) is 41.1 Å². The molecule has 1 fully saturated rings. The summed E-state index contributed by atoms with van der Waals surface area (Å²) in [5.41, 5.74) is 4.34. The number of piperazine rings is 1. The fraction of sp³-hybridized carbons (Fsp3) is 0.500. The number of carbonyl (C=O) groups is 2. The van der Waals surface area contributed by atoms with Gasteiger partial charge in [-0.2, -0.15) is 0 Å². The van der Waals surface area contributed by atoms with Crippen LogP contribution in [-0.4, -0.2) is 59.5 Å². The summed E-state index contributed by atoms with van der Waals surface area (Å²) in [7, 11) is 0. The molecule has 1 aliphatic rings. The van der Waals surface area contributed by atoms with Crippen molar-refractivity contribution in [2.24, 2.45) is 0 Å². The summed E-state index contributed by atoms with van der Waals surface area (Å²) in [6, 6.07) is 8.23. The van der Waals surface area contributed by atoms with Crippen LogP contribution in [0, 0.1) is 13.8 Å². The normalized spacial score (nSPS) is 13.9. The molecule has 7 nitrogen and oxygen atoms in total. The minimum Gasteiger partial charge on any atom is -0.466 e. The monoisotopic (exact) mass is 424 g/mol. The smallest absolute Gasteiger partial charge is 0.306 e. The number of aryl methyl sites for hydroxylation is 2. The molecule has 0 radical (unpaired) electrons. The van der Waals surface area contributed by atoms with Gasteiger partial charge in [0.15, 0.2) is 5.82 Å². The maximum Gasteiger partial charge on any atom is 0.306 e. The highest BCUT2D eigenvalue weighted by Gasteiger charge is 2.25. The van der Waals surface area contributed by atoms with Gasteiger partial charge < -0.3 is 14.5 Å². The SMILES string of the molecule is CCOC(=O)CCC(=O)N1CCN(c2nc(-c3cccc(C)c3)nc(C)c2CC)CC1. The number of ether oxygens (including phenoxy) is 1. The maximum absolute atomic E-state index is 12.5. The van der Waals surface area contributed by atoms with Crippen LogP contribution >= 0.6 is 0 Å². The van der Waals surface area contributed by atoms with E-state index in [2.05, 4.69) is 30.9 Å². The molecular formula is C24H32N4O3.